The van der Waals surface area contributed by atoms with E-state index in [1.165, 1.54) is 25.7 Å². The van der Waals surface area contributed by atoms with Gasteiger partial charge in [-0.3, -0.25) is 0 Å². The molecule has 2 heterocycles. The molecule has 2 saturated heterocycles. The quantitative estimate of drug-likeness (QED) is 0.882. The number of rotatable bonds is 2. The molecule has 98 valence electrons. The van der Waals surface area contributed by atoms with E-state index in [-0.39, 0.29) is 0 Å². The lowest BCUT2D eigenvalue weighted by molar-refractivity contribution is 0.169. The van der Waals surface area contributed by atoms with E-state index in [1.807, 2.05) is 12.1 Å². The smallest absolute Gasteiger partial charge is 0.0441 e. The first-order chi connectivity index (χ1) is 8.61. The molecular formula is C14H18Cl2N2. The van der Waals surface area contributed by atoms with E-state index in [4.69, 9.17) is 23.2 Å². The molecule has 0 aliphatic carbocycles. The van der Waals surface area contributed by atoms with Crippen molar-refractivity contribution >= 4 is 28.9 Å². The van der Waals surface area contributed by atoms with Crippen LogP contribution in [-0.4, -0.2) is 30.1 Å². The summed E-state index contributed by atoms with van der Waals surface area (Å²) in [5.74, 6) is 0. The Kier molecular flexibility index (Phi) is 3.44. The lowest BCUT2D eigenvalue weighted by Crippen LogP contribution is -2.44. The van der Waals surface area contributed by atoms with Crippen molar-refractivity contribution in [3.8, 4) is 0 Å². The molecule has 18 heavy (non-hydrogen) atoms. The van der Waals surface area contributed by atoms with Gasteiger partial charge in [0, 0.05) is 33.9 Å². The highest BCUT2D eigenvalue weighted by atomic mass is 35.5. The molecule has 3 rings (SSSR count). The van der Waals surface area contributed by atoms with Crippen LogP contribution in [0.4, 0.5) is 5.69 Å². The monoisotopic (exact) mass is 284 g/mol. The second-order valence-corrected chi connectivity index (χ2v) is 6.39. The summed E-state index contributed by atoms with van der Waals surface area (Å²) in [6.45, 7) is 0. The van der Waals surface area contributed by atoms with Crippen molar-refractivity contribution in [1.29, 1.82) is 0 Å². The minimum absolute atomic E-state index is 0.549. The van der Waals surface area contributed by atoms with Crippen LogP contribution >= 0.6 is 23.2 Å². The number of nitrogens with one attached hydrogen (secondary N) is 1. The summed E-state index contributed by atoms with van der Waals surface area (Å²) in [5.41, 5.74) is 1.04. The van der Waals surface area contributed by atoms with Crippen LogP contribution in [0.3, 0.4) is 0 Å². The van der Waals surface area contributed by atoms with Crippen molar-refractivity contribution in [2.75, 3.05) is 12.4 Å². The van der Waals surface area contributed by atoms with Crippen molar-refractivity contribution < 1.29 is 0 Å². The highest BCUT2D eigenvalue weighted by Crippen LogP contribution is 2.35. The summed E-state index contributed by atoms with van der Waals surface area (Å²) in [6.07, 6.45) is 5.12. The Morgan fingerprint density at radius 3 is 2.17 bits per heavy atom. The van der Waals surface area contributed by atoms with E-state index in [0.29, 0.717) is 16.1 Å². The molecule has 1 N–H and O–H groups in total. The van der Waals surface area contributed by atoms with Gasteiger partial charge in [-0.15, -0.1) is 0 Å². The zero-order valence-electron chi connectivity index (χ0n) is 10.5. The predicted molar refractivity (Wildman–Crippen MR) is 77.7 cm³/mol. The molecule has 0 amide bonds. The van der Waals surface area contributed by atoms with Gasteiger partial charge in [0.05, 0.1) is 0 Å². The summed E-state index contributed by atoms with van der Waals surface area (Å²) < 4.78 is 0. The standard InChI is InChI=1S/C14H18Cl2N2/c1-18-13-2-3-14(18)8-12(7-13)17-11-5-9(15)4-10(16)6-11/h4-6,12-14,17H,2-3,7-8H2,1H3. The van der Waals surface area contributed by atoms with Crippen molar-refractivity contribution in [2.45, 2.75) is 43.8 Å². The van der Waals surface area contributed by atoms with Gasteiger partial charge in [0.15, 0.2) is 0 Å². The van der Waals surface area contributed by atoms with Gasteiger partial charge in [0.25, 0.3) is 0 Å². The maximum Gasteiger partial charge on any atom is 0.0441 e. The largest absolute Gasteiger partial charge is 0.382 e. The molecule has 4 heteroatoms. The van der Waals surface area contributed by atoms with E-state index in [0.717, 1.165) is 17.8 Å². The molecular weight excluding hydrogens is 267 g/mol. The Morgan fingerprint density at radius 1 is 1.06 bits per heavy atom. The average molecular weight is 285 g/mol. The van der Waals surface area contributed by atoms with Crippen molar-refractivity contribution in [3.05, 3.63) is 28.2 Å². The zero-order valence-corrected chi connectivity index (χ0v) is 12.0. The van der Waals surface area contributed by atoms with Crippen LogP contribution in [0.1, 0.15) is 25.7 Å². The van der Waals surface area contributed by atoms with E-state index in [9.17, 15) is 0 Å². The summed E-state index contributed by atoms with van der Waals surface area (Å²) >= 11 is 12.1. The lowest BCUT2D eigenvalue weighted by atomic mass is 9.98. The molecule has 0 spiro atoms. The summed E-state index contributed by atoms with van der Waals surface area (Å²) in [7, 11) is 2.26. The molecule has 2 fully saturated rings. The maximum absolute atomic E-state index is 6.03. The van der Waals surface area contributed by atoms with Crippen LogP contribution < -0.4 is 5.32 Å². The van der Waals surface area contributed by atoms with Crippen molar-refractivity contribution in [1.82, 2.24) is 4.90 Å². The Morgan fingerprint density at radius 2 is 1.61 bits per heavy atom. The SMILES string of the molecule is CN1C2CCC1CC(Nc1cc(Cl)cc(Cl)c1)C2. The Labute approximate surface area is 118 Å². The van der Waals surface area contributed by atoms with Gasteiger partial charge in [-0.2, -0.15) is 0 Å². The first kappa shape index (κ1) is 12.6. The minimum atomic E-state index is 0.549. The zero-order chi connectivity index (χ0) is 12.7. The van der Waals surface area contributed by atoms with Crippen LogP contribution in [0, 0.1) is 0 Å². The average Bonchev–Trinajstić information content (AvgIpc) is 2.52. The molecule has 1 aromatic carbocycles. The van der Waals surface area contributed by atoms with Crippen LogP contribution in [0.5, 0.6) is 0 Å². The molecule has 2 nitrogen and oxygen atoms in total. The van der Waals surface area contributed by atoms with Gasteiger partial charge in [0.2, 0.25) is 0 Å². The van der Waals surface area contributed by atoms with Crippen molar-refractivity contribution in [2.24, 2.45) is 0 Å². The fourth-order valence-electron chi connectivity index (χ4n) is 3.40. The predicted octanol–water partition coefficient (Wildman–Crippen LogP) is 4.03. The third-order valence-electron chi connectivity index (χ3n) is 4.33. The maximum atomic E-state index is 6.03. The Bertz CT molecular complexity index is 415. The number of hydrogen-bond acceptors (Lipinski definition) is 2. The van der Waals surface area contributed by atoms with Crippen LogP contribution in [0.2, 0.25) is 10.0 Å². The fourth-order valence-corrected chi connectivity index (χ4v) is 3.93. The fraction of sp³-hybridized carbons (Fsp3) is 0.571. The Hall–Kier alpha value is -0.440. The molecule has 0 saturated carbocycles. The molecule has 0 radical (unpaired) electrons. The highest BCUT2D eigenvalue weighted by Gasteiger charge is 2.38. The second-order valence-electron chi connectivity index (χ2n) is 5.52. The first-order valence-corrected chi connectivity index (χ1v) is 7.32. The van der Waals surface area contributed by atoms with Gasteiger partial charge in [-0.1, -0.05) is 23.2 Å². The van der Waals surface area contributed by atoms with E-state index in [2.05, 4.69) is 17.3 Å². The number of piperidine rings is 1. The number of fused-ring (bicyclic) bond motifs is 2. The third-order valence-corrected chi connectivity index (χ3v) is 4.77. The summed E-state index contributed by atoms with van der Waals surface area (Å²) in [4.78, 5) is 2.54. The van der Waals surface area contributed by atoms with E-state index < -0.39 is 0 Å². The van der Waals surface area contributed by atoms with E-state index >= 15 is 0 Å². The van der Waals surface area contributed by atoms with Crippen LogP contribution in [-0.2, 0) is 0 Å². The second kappa shape index (κ2) is 4.92. The summed E-state index contributed by atoms with van der Waals surface area (Å²) in [6, 6.07) is 7.72. The molecule has 2 bridgehead atoms. The third kappa shape index (κ3) is 2.47. The number of hydrogen-bond donors (Lipinski definition) is 1. The molecule has 0 aromatic heterocycles. The molecule has 2 aliphatic heterocycles. The Balaban J connectivity index is 1.70. The number of benzene rings is 1. The van der Waals surface area contributed by atoms with Crippen molar-refractivity contribution in [3.63, 3.8) is 0 Å². The lowest BCUT2D eigenvalue weighted by Gasteiger charge is -2.37. The minimum Gasteiger partial charge on any atom is -0.382 e. The summed E-state index contributed by atoms with van der Waals surface area (Å²) in [5, 5.41) is 4.98. The van der Waals surface area contributed by atoms with Gasteiger partial charge in [-0.25, -0.2) is 0 Å². The van der Waals surface area contributed by atoms with Crippen LogP contribution in [0.15, 0.2) is 18.2 Å². The van der Waals surface area contributed by atoms with Gasteiger partial charge < -0.3 is 10.2 Å². The molecule has 2 unspecified atom stereocenters. The molecule has 1 aromatic rings. The van der Waals surface area contributed by atoms with E-state index in [1.54, 1.807) is 6.07 Å². The normalized spacial score (nSPS) is 31.6. The topological polar surface area (TPSA) is 15.3 Å². The number of nitrogens with zero attached hydrogens (tertiary/aromatic N) is 1. The molecule has 2 atom stereocenters. The van der Waals surface area contributed by atoms with Gasteiger partial charge >= 0.3 is 0 Å². The molecule has 2 aliphatic rings. The highest BCUT2D eigenvalue weighted by molar-refractivity contribution is 6.35. The number of anilines is 1. The van der Waals surface area contributed by atoms with Gasteiger partial charge in [-0.05, 0) is 50.9 Å². The first-order valence-electron chi connectivity index (χ1n) is 6.56. The van der Waals surface area contributed by atoms with Crippen LogP contribution in [0.25, 0.3) is 0 Å². The van der Waals surface area contributed by atoms with Gasteiger partial charge in [0.1, 0.15) is 0 Å². The number of halogens is 2.